The molecule has 0 radical (unpaired) electrons. The third-order valence-corrected chi connectivity index (χ3v) is 8.95. The lowest BCUT2D eigenvalue weighted by Crippen LogP contribution is -2.22. The normalized spacial score (nSPS) is 11.0. The van der Waals surface area contributed by atoms with Crippen molar-refractivity contribution >= 4 is 34.9 Å². The maximum atomic E-state index is 14.9. The molecule has 14 heteroatoms. The van der Waals surface area contributed by atoms with Crippen molar-refractivity contribution in [2.24, 2.45) is 5.73 Å². The van der Waals surface area contributed by atoms with E-state index in [1.54, 1.807) is 49.4 Å². The molecule has 0 spiro atoms. The number of benzene rings is 4. The summed E-state index contributed by atoms with van der Waals surface area (Å²) in [5, 5.41) is 9.56. The highest BCUT2D eigenvalue weighted by molar-refractivity contribution is 7.08. The quantitative estimate of drug-likeness (QED) is 0.123. The highest BCUT2D eigenvalue weighted by Crippen LogP contribution is 2.28. The van der Waals surface area contributed by atoms with E-state index in [4.69, 9.17) is 19.7 Å². The lowest BCUT2D eigenvalue weighted by Gasteiger charge is -2.07. The summed E-state index contributed by atoms with van der Waals surface area (Å²) < 4.78 is 30.6. The molecule has 0 unspecified atom stereocenters. The summed E-state index contributed by atoms with van der Waals surface area (Å²) in [6.45, 7) is 1.89. The minimum absolute atomic E-state index is 0.0858. The van der Waals surface area contributed by atoms with Crippen LogP contribution in [-0.2, 0) is 19.4 Å². The van der Waals surface area contributed by atoms with Gasteiger partial charge in [-0.1, -0.05) is 35.5 Å². The highest BCUT2D eigenvalue weighted by atomic mass is 32.1. The van der Waals surface area contributed by atoms with Gasteiger partial charge in [-0.05, 0) is 109 Å². The summed E-state index contributed by atoms with van der Waals surface area (Å²) in [4.78, 5) is 45.9. The van der Waals surface area contributed by atoms with Crippen LogP contribution in [0.25, 0.3) is 22.7 Å². The Bertz CT molecular complexity index is 2440. The van der Waals surface area contributed by atoms with Crippen molar-refractivity contribution in [3.05, 3.63) is 159 Å². The third kappa shape index (κ3) is 8.40. The minimum atomic E-state index is -0.561. The number of aromatic nitrogens is 4. The maximum Gasteiger partial charge on any atom is 0.267 e. The number of hydrogen-bond acceptors (Lipinski definition) is 10. The zero-order valence-corrected chi connectivity index (χ0v) is 28.9. The van der Waals surface area contributed by atoms with Gasteiger partial charge in [-0.15, -0.1) is 0 Å². The van der Waals surface area contributed by atoms with Gasteiger partial charge >= 0.3 is 0 Å². The maximum absolute atomic E-state index is 14.9. The monoisotopic (exact) mass is 727 g/mol. The number of aryl methyl sites for hydroxylation is 1. The summed E-state index contributed by atoms with van der Waals surface area (Å²) in [5.41, 5.74) is 10.6. The van der Waals surface area contributed by atoms with E-state index in [9.17, 15) is 18.8 Å². The van der Waals surface area contributed by atoms with Crippen LogP contribution in [0.5, 0.6) is 0 Å². The van der Waals surface area contributed by atoms with Crippen LogP contribution >= 0.6 is 11.5 Å². The van der Waals surface area contributed by atoms with Crippen molar-refractivity contribution in [3.63, 3.8) is 0 Å². The molecular formula is C39H30FN7O5S. The number of rotatable bonds is 12. The number of carbonyl (C=O) groups excluding carboxylic acids is 3. The fourth-order valence-electron chi connectivity index (χ4n) is 5.53. The molecular weight excluding hydrogens is 698 g/mol. The van der Waals surface area contributed by atoms with Crippen LogP contribution in [0.4, 0.5) is 10.1 Å². The van der Waals surface area contributed by atoms with Gasteiger partial charge in [0.1, 0.15) is 16.5 Å². The van der Waals surface area contributed by atoms with Crippen molar-refractivity contribution in [1.29, 1.82) is 0 Å². The fraction of sp³-hybridized carbons (Fsp3) is 0.103. The first kappa shape index (κ1) is 34.6. The van der Waals surface area contributed by atoms with E-state index in [0.29, 0.717) is 68.1 Å². The molecule has 0 fully saturated rings. The molecule has 0 aliphatic carbocycles. The smallest absolute Gasteiger partial charge is 0.267 e. The third-order valence-electron chi connectivity index (χ3n) is 8.16. The summed E-state index contributed by atoms with van der Waals surface area (Å²) in [5.74, 6) is 0.0574. The highest BCUT2D eigenvalue weighted by Gasteiger charge is 2.18. The summed E-state index contributed by atoms with van der Waals surface area (Å²) in [6, 6.07) is 29.0. The van der Waals surface area contributed by atoms with Crippen LogP contribution in [0, 0.1) is 12.7 Å². The van der Waals surface area contributed by atoms with E-state index in [2.05, 4.69) is 25.1 Å². The van der Waals surface area contributed by atoms with E-state index < -0.39 is 11.7 Å². The van der Waals surface area contributed by atoms with Crippen molar-refractivity contribution in [3.8, 4) is 22.7 Å². The number of carbonyl (C=O) groups is 3. The van der Waals surface area contributed by atoms with Crippen LogP contribution in [0.3, 0.4) is 0 Å². The second kappa shape index (κ2) is 15.2. The first-order valence-electron chi connectivity index (χ1n) is 16.3. The lowest BCUT2D eigenvalue weighted by molar-refractivity contribution is 0.0944. The molecule has 53 heavy (non-hydrogen) atoms. The van der Waals surface area contributed by atoms with Crippen molar-refractivity contribution < 1.29 is 27.7 Å². The first-order chi connectivity index (χ1) is 25.7. The molecule has 0 bridgehead atoms. The molecule has 7 aromatic rings. The predicted molar refractivity (Wildman–Crippen MR) is 195 cm³/mol. The fourth-order valence-corrected chi connectivity index (χ4v) is 6.18. The van der Waals surface area contributed by atoms with E-state index in [-0.39, 0.29) is 30.7 Å². The average molecular weight is 728 g/mol. The zero-order valence-electron chi connectivity index (χ0n) is 28.1. The Morgan fingerprint density at radius 3 is 2.40 bits per heavy atom. The molecule has 7 rings (SSSR count). The summed E-state index contributed by atoms with van der Waals surface area (Å²) >= 11 is 0.998. The van der Waals surface area contributed by atoms with Gasteiger partial charge in [0, 0.05) is 27.9 Å². The minimum Gasteiger partial charge on any atom is -0.441 e. The van der Waals surface area contributed by atoms with Gasteiger partial charge in [0.15, 0.2) is 5.82 Å². The largest absolute Gasteiger partial charge is 0.441 e. The summed E-state index contributed by atoms with van der Waals surface area (Å²) in [7, 11) is 0. The second-order valence-corrected chi connectivity index (χ2v) is 12.9. The second-order valence-electron chi connectivity index (χ2n) is 12.0. The molecule has 3 amide bonds. The van der Waals surface area contributed by atoms with Gasteiger partial charge in [-0.3, -0.25) is 14.4 Å². The van der Waals surface area contributed by atoms with Crippen LogP contribution in [-0.4, -0.2) is 37.2 Å². The molecule has 4 aromatic carbocycles. The lowest BCUT2D eigenvalue weighted by atomic mass is 10.00. The summed E-state index contributed by atoms with van der Waals surface area (Å²) in [6.07, 6.45) is 0.678. The molecule has 3 aromatic heterocycles. The van der Waals surface area contributed by atoms with Crippen molar-refractivity contribution in [2.45, 2.75) is 26.3 Å². The molecule has 0 aliphatic heterocycles. The van der Waals surface area contributed by atoms with E-state index in [1.165, 1.54) is 24.3 Å². The number of amides is 3. The molecule has 12 nitrogen and oxygen atoms in total. The number of nitrogens with two attached hydrogens (primary N) is 1. The molecule has 0 aliphatic rings. The Morgan fingerprint density at radius 1 is 0.811 bits per heavy atom. The number of halogens is 1. The van der Waals surface area contributed by atoms with Gasteiger partial charge in [0.05, 0.1) is 24.4 Å². The number of primary amides is 1. The first-order valence-corrected chi connectivity index (χ1v) is 17.1. The average Bonchev–Trinajstić information content (AvgIpc) is 3.92. The van der Waals surface area contributed by atoms with Crippen molar-refractivity contribution in [1.82, 2.24) is 24.8 Å². The number of nitrogens with one attached hydrogen (secondary N) is 2. The van der Waals surface area contributed by atoms with E-state index in [1.807, 2.05) is 36.4 Å². The zero-order chi connectivity index (χ0) is 36.9. The van der Waals surface area contributed by atoms with Crippen molar-refractivity contribution in [2.75, 3.05) is 5.32 Å². The Balaban J connectivity index is 0.998. The van der Waals surface area contributed by atoms with Crippen LogP contribution in [0.15, 0.2) is 112 Å². The number of nitrogens with zero attached hydrogens (tertiary/aromatic N) is 4. The van der Waals surface area contributed by atoms with Gasteiger partial charge in [0.2, 0.25) is 17.7 Å². The molecule has 264 valence electrons. The van der Waals surface area contributed by atoms with E-state index >= 15 is 0 Å². The Kier molecular flexibility index (Phi) is 9.94. The Hall–Kier alpha value is -6.80. The Labute approximate surface area is 306 Å². The molecule has 3 heterocycles. The van der Waals surface area contributed by atoms with E-state index in [0.717, 1.165) is 22.7 Å². The Morgan fingerprint density at radius 2 is 1.60 bits per heavy atom. The molecule has 0 atom stereocenters. The van der Waals surface area contributed by atoms with Gasteiger partial charge in [-0.2, -0.15) is 9.36 Å². The molecule has 0 saturated heterocycles. The van der Waals surface area contributed by atoms with Gasteiger partial charge in [0.25, 0.3) is 11.8 Å². The van der Waals surface area contributed by atoms with Crippen LogP contribution < -0.4 is 16.4 Å². The molecule has 4 N–H and O–H groups in total. The van der Waals surface area contributed by atoms with Gasteiger partial charge in [-0.25, -0.2) is 9.37 Å². The predicted octanol–water partition coefficient (Wildman–Crippen LogP) is 6.76. The number of oxazole rings is 1. The number of hydrogen-bond donors (Lipinski definition) is 3. The SMILES string of the molecule is Cc1oc(-c2cccc(Cc3cc(F)cc(-c4cc(C(=O)Nc5ccc(C(N)=O)cc5)sn4)c3)c2)nc1Cc1noc(CNC(=O)c2ccccc2)n1. The topological polar surface area (TPSA) is 179 Å². The van der Waals surface area contributed by atoms with Crippen LogP contribution in [0.1, 0.15) is 64.7 Å². The van der Waals surface area contributed by atoms with Crippen LogP contribution in [0.2, 0.25) is 0 Å². The molecule has 0 saturated carbocycles. The number of anilines is 1. The van der Waals surface area contributed by atoms with Gasteiger partial charge < -0.3 is 25.3 Å². The standard InChI is InChI=1S/C39H30FN7O5S/c1-22-31(20-34-45-35(52-46-34)21-42-37(49)26-7-3-2-4-8-26)44-39(51-22)27-9-5-6-23(15-27)14-24-16-28(18-29(40)17-24)32-19-33(53-47-32)38(50)43-30-12-10-25(11-13-30)36(41)48/h2-13,15-19H,14,20-21H2,1H3,(H2,41,48)(H,42,49)(H,43,50).